The fourth-order valence-corrected chi connectivity index (χ4v) is 1.54. The van der Waals surface area contributed by atoms with Crippen LogP contribution in [0.3, 0.4) is 0 Å². The van der Waals surface area contributed by atoms with Crippen molar-refractivity contribution in [3.8, 4) is 23.0 Å². The SMILES string of the molecule is COc1cccc(-c2nc(O)c(Br)c(=O)[nH]2)c1. The van der Waals surface area contributed by atoms with Crippen molar-refractivity contribution < 1.29 is 9.84 Å². The number of aromatic nitrogens is 2. The molecule has 0 saturated carbocycles. The Balaban J connectivity index is 2.56. The third kappa shape index (κ3) is 2.31. The van der Waals surface area contributed by atoms with E-state index in [0.717, 1.165) is 0 Å². The van der Waals surface area contributed by atoms with Gasteiger partial charge in [0, 0.05) is 5.56 Å². The summed E-state index contributed by atoms with van der Waals surface area (Å²) in [5.74, 6) is 0.591. The average molecular weight is 297 g/mol. The van der Waals surface area contributed by atoms with E-state index in [1.54, 1.807) is 31.4 Å². The van der Waals surface area contributed by atoms with Gasteiger partial charge in [-0.05, 0) is 28.1 Å². The number of methoxy groups -OCH3 is 1. The molecule has 1 heterocycles. The monoisotopic (exact) mass is 296 g/mol. The van der Waals surface area contributed by atoms with Crippen LogP contribution in [0.2, 0.25) is 0 Å². The molecule has 0 aliphatic rings. The maximum atomic E-state index is 11.5. The summed E-state index contributed by atoms with van der Waals surface area (Å²) < 4.78 is 5.09. The predicted molar refractivity (Wildman–Crippen MR) is 66.2 cm³/mol. The first-order valence-corrected chi connectivity index (χ1v) is 5.54. The lowest BCUT2D eigenvalue weighted by atomic mass is 10.2. The predicted octanol–water partition coefficient (Wildman–Crippen LogP) is 1.91. The fraction of sp³-hybridized carbons (Fsp3) is 0.0909. The minimum absolute atomic E-state index is 0.0177. The maximum absolute atomic E-state index is 11.5. The number of hydrogen-bond donors (Lipinski definition) is 2. The molecule has 0 unspecified atom stereocenters. The molecule has 0 radical (unpaired) electrons. The highest BCUT2D eigenvalue weighted by atomic mass is 79.9. The normalized spacial score (nSPS) is 10.2. The molecular formula is C11H9BrN2O3. The van der Waals surface area contributed by atoms with Gasteiger partial charge in [-0.2, -0.15) is 4.98 Å². The summed E-state index contributed by atoms with van der Waals surface area (Å²) in [6.07, 6.45) is 0. The molecule has 2 N–H and O–H groups in total. The first kappa shape index (κ1) is 11.7. The van der Waals surface area contributed by atoms with E-state index in [-0.39, 0.29) is 16.2 Å². The maximum Gasteiger partial charge on any atom is 0.269 e. The summed E-state index contributed by atoms with van der Waals surface area (Å²) in [7, 11) is 1.55. The molecule has 88 valence electrons. The quantitative estimate of drug-likeness (QED) is 0.888. The largest absolute Gasteiger partial charge is 0.497 e. The highest BCUT2D eigenvalue weighted by Crippen LogP contribution is 2.23. The van der Waals surface area contributed by atoms with Crippen molar-refractivity contribution in [1.29, 1.82) is 0 Å². The Labute approximate surface area is 105 Å². The lowest BCUT2D eigenvalue weighted by Crippen LogP contribution is -2.09. The first-order chi connectivity index (χ1) is 8.11. The van der Waals surface area contributed by atoms with Crippen molar-refractivity contribution in [1.82, 2.24) is 9.97 Å². The van der Waals surface area contributed by atoms with Crippen molar-refractivity contribution in [3.05, 3.63) is 39.1 Å². The summed E-state index contributed by atoms with van der Waals surface area (Å²) in [5.41, 5.74) is 0.222. The van der Waals surface area contributed by atoms with Crippen LogP contribution in [0.15, 0.2) is 33.5 Å². The molecule has 0 aliphatic carbocycles. The van der Waals surface area contributed by atoms with E-state index in [9.17, 15) is 9.90 Å². The van der Waals surface area contributed by atoms with Crippen LogP contribution < -0.4 is 10.3 Å². The molecule has 0 fully saturated rings. The molecular weight excluding hydrogens is 288 g/mol. The number of aromatic hydroxyl groups is 1. The Bertz CT molecular complexity index is 610. The van der Waals surface area contributed by atoms with Gasteiger partial charge in [0.05, 0.1) is 7.11 Å². The summed E-state index contributed by atoms with van der Waals surface area (Å²) >= 11 is 2.93. The zero-order valence-electron chi connectivity index (χ0n) is 8.90. The van der Waals surface area contributed by atoms with Crippen molar-refractivity contribution in [3.63, 3.8) is 0 Å². The number of aromatic amines is 1. The molecule has 2 rings (SSSR count). The van der Waals surface area contributed by atoms with E-state index in [2.05, 4.69) is 25.9 Å². The van der Waals surface area contributed by atoms with E-state index in [4.69, 9.17) is 4.74 Å². The topological polar surface area (TPSA) is 75.2 Å². The van der Waals surface area contributed by atoms with Gasteiger partial charge in [0.2, 0.25) is 5.88 Å². The molecule has 5 nitrogen and oxygen atoms in total. The standard InChI is InChI=1S/C11H9BrN2O3/c1-17-7-4-2-3-6(5-7)9-13-10(15)8(12)11(16)14-9/h2-5H,1H3,(H2,13,14,15,16). The van der Waals surface area contributed by atoms with Gasteiger partial charge >= 0.3 is 0 Å². The Hall–Kier alpha value is -1.82. The molecule has 1 aromatic carbocycles. The summed E-state index contributed by atoms with van der Waals surface area (Å²) in [6, 6.07) is 7.02. The number of nitrogens with one attached hydrogen (secondary N) is 1. The zero-order valence-corrected chi connectivity index (χ0v) is 10.5. The Kier molecular flexibility index (Phi) is 3.14. The summed E-state index contributed by atoms with van der Waals surface area (Å²) in [4.78, 5) is 17.9. The number of rotatable bonds is 2. The van der Waals surface area contributed by atoms with E-state index >= 15 is 0 Å². The van der Waals surface area contributed by atoms with E-state index in [0.29, 0.717) is 11.3 Å². The molecule has 0 amide bonds. The first-order valence-electron chi connectivity index (χ1n) is 4.75. The lowest BCUT2D eigenvalue weighted by Gasteiger charge is -2.04. The molecule has 17 heavy (non-hydrogen) atoms. The molecule has 0 bridgehead atoms. The van der Waals surface area contributed by atoms with Gasteiger partial charge in [-0.15, -0.1) is 0 Å². The third-order valence-corrected chi connectivity index (χ3v) is 2.90. The second kappa shape index (κ2) is 4.58. The minimum Gasteiger partial charge on any atom is -0.497 e. The van der Waals surface area contributed by atoms with Crippen LogP contribution in [0, 0.1) is 0 Å². The molecule has 0 saturated heterocycles. The lowest BCUT2D eigenvalue weighted by molar-refractivity contribution is 0.415. The average Bonchev–Trinajstić information content (AvgIpc) is 2.35. The fourth-order valence-electron chi connectivity index (χ4n) is 1.35. The minimum atomic E-state index is -0.435. The number of benzene rings is 1. The van der Waals surface area contributed by atoms with Crippen LogP contribution >= 0.6 is 15.9 Å². The Morgan fingerprint density at radius 1 is 1.47 bits per heavy atom. The van der Waals surface area contributed by atoms with Gasteiger partial charge in [0.15, 0.2) is 0 Å². The molecule has 0 atom stereocenters. The van der Waals surface area contributed by atoms with Gasteiger partial charge in [0.25, 0.3) is 5.56 Å². The molecule has 0 spiro atoms. The molecule has 1 aromatic heterocycles. The van der Waals surface area contributed by atoms with Gasteiger partial charge in [-0.25, -0.2) is 0 Å². The van der Waals surface area contributed by atoms with Crippen LogP contribution in [-0.4, -0.2) is 22.2 Å². The number of hydrogen-bond acceptors (Lipinski definition) is 4. The number of nitrogens with zero attached hydrogens (tertiary/aromatic N) is 1. The molecule has 0 aliphatic heterocycles. The van der Waals surface area contributed by atoms with E-state index in [1.165, 1.54) is 0 Å². The Morgan fingerprint density at radius 2 is 2.24 bits per heavy atom. The molecule has 6 heteroatoms. The van der Waals surface area contributed by atoms with Crippen molar-refractivity contribution in [2.45, 2.75) is 0 Å². The molecule has 2 aromatic rings. The smallest absolute Gasteiger partial charge is 0.269 e. The number of halogens is 1. The van der Waals surface area contributed by atoms with E-state index in [1.807, 2.05) is 0 Å². The van der Waals surface area contributed by atoms with Gasteiger partial charge in [-0.3, -0.25) is 4.79 Å². The van der Waals surface area contributed by atoms with Gasteiger partial charge in [-0.1, -0.05) is 12.1 Å². The second-order valence-corrected chi connectivity index (χ2v) is 4.08. The third-order valence-electron chi connectivity index (χ3n) is 2.19. The van der Waals surface area contributed by atoms with Crippen LogP contribution in [0.25, 0.3) is 11.4 Å². The van der Waals surface area contributed by atoms with Crippen LogP contribution in [0.5, 0.6) is 11.6 Å². The van der Waals surface area contributed by atoms with Crippen LogP contribution in [-0.2, 0) is 0 Å². The van der Waals surface area contributed by atoms with E-state index < -0.39 is 5.56 Å². The summed E-state index contributed by atoms with van der Waals surface area (Å²) in [6.45, 7) is 0. The number of H-pyrrole nitrogens is 1. The number of ether oxygens (including phenoxy) is 1. The highest BCUT2D eigenvalue weighted by molar-refractivity contribution is 9.10. The van der Waals surface area contributed by atoms with Gasteiger partial charge in [0.1, 0.15) is 16.0 Å². The van der Waals surface area contributed by atoms with Crippen molar-refractivity contribution in [2.24, 2.45) is 0 Å². The van der Waals surface area contributed by atoms with Crippen LogP contribution in [0.4, 0.5) is 0 Å². The Morgan fingerprint density at radius 3 is 2.88 bits per heavy atom. The zero-order chi connectivity index (χ0) is 12.4. The van der Waals surface area contributed by atoms with Crippen molar-refractivity contribution in [2.75, 3.05) is 7.11 Å². The van der Waals surface area contributed by atoms with Crippen LogP contribution in [0.1, 0.15) is 0 Å². The van der Waals surface area contributed by atoms with Gasteiger partial charge < -0.3 is 14.8 Å². The highest BCUT2D eigenvalue weighted by Gasteiger charge is 2.09. The second-order valence-electron chi connectivity index (χ2n) is 3.28. The van der Waals surface area contributed by atoms with Crippen molar-refractivity contribution >= 4 is 15.9 Å². The summed E-state index contributed by atoms with van der Waals surface area (Å²) in [5, 5.41) is 9.46.